The van der Waals surface area contributed by atoms with Crippen LogP contribution in [0.15, 0.2) is 16.7 Å². The van der Waals surface area contributed by atoms with Gasteiger partial charge in [0.05, 0.1) is 13.2 Å². The summed E-state index contributed by atoms with van der Waals surface area (Å²) in [5, 5.41) is 0. The van der Waals surface area contributed by atoms with Crippen molar-refractivity contribution in [3.05, 3.63) is 22.3 Å². The molecule has 2 aliphatic rings. The van der Waals surface area contributed by atoms with E-state index in [1.807, 2.05) is 6.07 Å². The number of nitrogens with zero attached hydrogens (tertiary/aromatic N) is 3. The van der Waals surface area contributed by atoms with Gasteiger partial charge in [0, 0.05) is 32.7 Å². The van der Waals surface area contributed by atoms with Crippen LogP contribution in [-0.2, 0) is 11.2 Å². The number of morpholine rings is 1. The minimum Gasteiger partial charge on any atom is -0.379 e. The Morgan fingerprint density at radius 3 is 2.83 bits per heavy atom. The maximum Gasteiger partial charge on any atom is 0.133 e. The van der Waals surface area contributed by atoms with Crippen molar-refractivity contribution < 1.29 is 4.74 Å². The van der Waals surface area contributed by atoms with Gasteiger partial charge in [0.1, 0.15) is 10.4 Å². The summed E-state index contributed by atoms with van der Waals surface area (Å²) in [7, 11) is 0. The lowest BCUT2D eigenvalue weighted by atomic mass is 10.2. The molecule has 18 heavy (non-hydrogen) atoms. The predicted octanol–water partition coefficient (Wildman–Crippen LogP) is 1.54. The fraction of sp³-hybridized carbons (Fsp3) is 0.615. The molecule has 0 amide bonds. The van der Waals surface area contributed by atoms with E-state index in [1.54, 1.807) is 0 Å². The van der Waals surface area contributed by atoms with E-state index >= 15 is 0 Å². The Morgan fingerprint density at radius 2 is 2.00 bits per heavy atom. The first kappa shape index (κ1) is 12.4. The Balaban J connectivity index is 1.60. The highest BCUT2D eigenvalue weighted by atomic mass is 79.9. The van der Waals surface area contributed by atoms with Gasteiger partial charge in [-0.3, -0.25) is 4.90 Å². The zero-order valence-electron chi connectivity index (χ0n) is 10.4. The van der Waals surface area contributed by atoms with Crippen LogP contribution in [-0.4, -0.2) is 55.8 Å². The molecular weight excluding hydrogens is 294 g/mol. The second-order valence-electron chi connectivity index (χ2n) is 4.81. The van der Waals surface area contributed by atoms with Crippen molar-refractivity contribution in [2.45, 2.75) is 6.42 Å². The summed E-state index contributed by atoms with van der Waals surface area (Å²) in [6.45, 7) is 7.15. The van der Waals surface area contributed by atoms with E-state index < -0.39 is 0 Å². The van der Waals surface area contributed by atoms with Crippen molar-refractivity contribution >= 4 is 21.7 Å². The largest absolute Gasteiger partial charge is 0.379 e. The van der Waals surface area contributed by atoms with Crippen molar-refractivity contribution in [1.29, 1.82) is 0 Å². The minimum absolute atomic E-state index is 0.875. The second-order valence-corrected chi connectivity index (χ2v) is 5.62. The number of hydrogen-bond donors (Lipinski definition) is 0. The van der Waals surface area contributed by atoms with Crippen LogP contribution in [0.1, 0.15) is 5.56 Å². The van der Waals surface area contributed by atoms with Crippen molar-refractivity contribution in [3.8, 4) is 0 Å². The smallest absolute Gasteiger partial charge is 0.133 e. The zero-order chi connectivity index (χ0) is 12.4. The average Bonchev–Trinajstić information content (AvgIpc) is 2.80. The van der Waals surface area contributed by atoms with Crippen LogP contribution in [0.3, 0.4) is 0 Å². The van der Waals surface area contributed by atoms with Gasteiger partial charge in [0.25, 0.3) is 0 Å². The molecule has 1 fully saturated rings. The number of anilines is 1. The van der Waals surface area contributed by atoms with Gasteiger partial charge in [-0.1, -0.05) is 6.07 Å². The van der Waals surface area contributed by atoms with E-state index in [1.165, 1.54) is 5.56 Å². The van der Waals surface area contributed by atoms with E-state index in [9.17, 15) is 0 Å². The standard InChI is InChI=1S/C13H18BrN3O/c14-12-2-1-11-3-4-17(13(11)15-12)6-5-16-7-9-18-10-8-16/h1-2H,3-10H2. The highest BCUT2D eigenvalue weighted by Gasteiger charge is 2.21. The molecule has 1 saturated heterocycles. The summed E-state index contributed by atoms with van der Waals surface area (Å²) < 4.78 is 6.30. The first-order valence-corrected chi connectivity index (χ1v) is 7.33. The van der Waals surface area contributed by atoms with E-state index in [4.69, 9.17) is 4.74 Å². The van der Waals surface area contributed by atoms with Gasteiger partial charge in [0.15, 0.2) is 0 Å². The third kappa shape index (κ3) is 2.68. The first-order valence-electron chi connectivity index (χ1n) is 6.53. The monoisotopic (exact) mass is 311 g/mol. The van der Waals surface area contributed by atoms with Crippen molar-refractivity contribution in [2.24, 2.45) is 0 Å². The molecule has 0 aromatic carbocycles. The highest BCUT2D eigenvalue weighted by molar-refractivity contribution is 9.10. The summed E-state index contributed by atoms with van der Waals surface area (Å²) in [6.07, 6.45) is 1.12. The molecule has 0 N–H and O–H groups in total. The van der Waals surface area contributed by atoms with Crippen molar-refractivity contribution in [1.82, 2.24) is 9.88 Å². The van der Waals surface area contributed by atoms with Gasteiger partial charge in [-0.15, -0.1) is 0 Å². The number of halogens is 1. The fourth-order valence-corrected chi connectivity index (χ4v) is 2.89. The number of rotatable bonds is 3. The molecular formula is C13H18BrN3O. The Kier molecular flexibility index (Phi) is 3.82. The normalized spacial score (nSPS) is 20.2. The van der Waals surface area contributed by atoms with E-state index in [0.717, 1.165) is 62.8 Å². The Hall–Kier alpha value is -0.650. The van der Waals surface area contributed by atoms with E-state index in [-0.39, 0.29) is 0 Å². The molecule has 2 aliphatic heterocycles. The van der Waals surface area contributed by atoms with Crippen LogP contribution < -0.4 is 4.90 Å². The molecule has 4 nitrogen and oxygen atoms in total. The SMILES string of the molecule is Brc1ccc2c(n1)N(CCN1CCOCC1)CC2. The van der Waals surface area contributed by atoms with Crippen LogP contribution >= 0.6 is 15.9 Å². The predicted molar refractivity (Wildman–Crippen MR) is 75.1 cm³/mol. The second kappa shape index (κ2) is 5.55. The Bertz CT molecular complexity index is 421. The number of hydrogen-bond acceptors (Lipinski definition) is 4. The van der Waals surface area contributed by atoms with Crippen LogP contribution in [0.5, 0.6) is 0 Å². The van der Waals surface area contributed by atoms with Gasteiger partial charge >= 0.3 is 0 Å². The molecule has 0 atom stereocenters. The number of fused-ring (bicyclic) bond motifs is 1. The van der Waals surface area contributed by atoms with Crippen LogP contribution in [0, 0.1) is 0 Å². The maximum absolute atomic E-state index is 5.37. The number of ether oxygens (including phenoxy) is 1. The number of aromatic nitrogens is 1. The van der Waals surface area contributed by atoms with Gasteiger partial charge in [-0.2, -0.15) is 0 Å². The van der Waals surface area contributed by atoms with E-state index in [0.29, 0.717) is 0 Å². The maximum atomic E-state index is 5.37. The molecule has 0 radical (unpaired) electrons. The zero-order valence-corrected chi connectivity index (χ0v) is 12.0. The van der Waals surface area contributed by atoms with Gasteiger partial charge in [-0.25, -0.2) is 4.98 Å². The van der Waals surface area contributed by atoms with Gasteiger partial charge < -0.3 is 9.64 Å². The number of pyridine rings is 1. The topological polar surface area (TPSA) is 28.6 Å². The third-order valence-electron chi connectivity index (χ3n) is 3.66. The van der Waals surface area contributed by atoms with Crippen molar-refractivity contribution in [3.63, 3.8) is 0 Å². The highest BCUT2D eigenvalue weighted by Crippen LogP contribution is 2.27. The summed E-state index contributed by atoms with van der Waals surface area (Å²) >= 11 is 3.46. The molecule has 0 spiro atoms. The summed E-state index contributed by atoms with van der Waals surface area (Å²) in [6, 6.07) is 4.21. The van der Waals surface area contributed by atoms with E-state index in [2.05, 4.69) is 36.8 Å². The van der Waals surface area contributed by atoms with Crippen LogP contribution in [0.2, 0.25) is 0 Å². The molecule has 3 rings (SSSR count). The van der Waals surface area contributed by atoms with Crippen LogP contribution in [0.25, 0.3) is 0 Å². The lowest BCUT2D eigenvalue weighted by molar-refractivity contribution is 0.0392. The third-order valence-corrected chi connectivity index (χ3v) is 4.10. The molecule has 1 aromatic heterocycles. The molecule has 0 unspecified atom stereocenters. The van der Waals surface area contributed by atoms with Gasteiger partial charge in [0.2, 0.25) is 0 Å². The summed E-state index contributed by atoms with van der Waals surface area (Å²) in [5.74, 6) is 1.16. The summed E-state index contributed by atoms with van der Waals surface area (Å²) in [5.41, 5.74) is 1.38. The molecule has 98 valence electrons. The lowest BCUT2D eigenvalue weighted by Gasteiger charge is -2.29. The molecule has 3 heterocycles. The molecule has 0 bridgehead atoms. The van der Waals surface area contributed by atoms with Gasteiger partial charge in [-0.05, 0) is 34.0 Å². The molecule has 0 aliphatic carbocycles. The van der Waals surface area contributed by atoms with Crippen molar-refractivity contribution in [2.75, 3.05) is 50.8 Å². The quantitative estimate of drug-likeness (QED) is 0.792. The Labute approximate surface area is 116 Å². The fourth-order valence-electron chi connectivity index (χ4n) is 2.59. The first-order chi connectivity index (χ1) is 8.83. The average molecular weight is 312 g/mol. The molecule has 5 heteroatoms. The minimum atomic E-state index is 0.875. The Morgan fingerprint density at radius 1 is 1.17 bits per heavy atom. The lowest BCUT2D eigenvalue weighted by Crippen LogP contribution is -2.41. The summed E-state index contributed by atoms with van der Waals surface area (Å²) in [4.78, 5) is 9.47. The molecule has 1 aromatic rings. The molecule has 0 saturated carbocycles. The van der Waals surface area contributed by atoms with Crippen LogP contribution in [0.4, 0.5) is 5.82 Å².